The van der Waals surface area contributed by atoms with Gasteiger partial charge < -0.3 is 10.6 Å². The zero-order valence-corrected chi connectivity index (χ0v) is 18.5. The molecule has 2 heterocycles. The van der Waals surface area contributed by atoms with Gasteiger partial charge in [0.15, 0.2) is 4.34 Å². The lowest BCUT2D eigenvalue weighted by Gasteiger charge is -2.10. The van der Waals surface area contributed by atoms with Crippen LogP contribution in [0.1, 0.15) is 29.4 Å². The molecular weight excluding hydrogens is 392 g/mol. The Labute approximate surface area is 173 Å². The van der Waals surface area contributed by atoms with E-state index >= 15 is 0 Å². The second kappa shape index (κ2) is 8.32. The number of anilines is 3. The van der Waals surface area contributed by atoms with E-state index in [4.69, 9.17) is 0 Å². The fourth-order valence-corrected chi connectivity index (χ4v) is 4.60. The molecule has 0 saturated heterocycles. The van der Waals surface area contributed by atoms with Crippen molar-refractivity contribution >= 4 is 45.5 Å². The number of amides is 1. The minimum atomic E-state index is -0.305. The van der Waals surface area contributed by atoms with Crippen LogP contribution in [0.2, 0.25) is 0 Å². The summed E-state index contributed by atoms with van der Waals surface area (Å²) in [4.78, 5) is 12.6. The van der Waals surface area contributed by atoms with Crippen molar-refractivity contribution < 1.29 is 4.79 Å². The fourth-order valence-electron chi connectivity index (χ4n) is 2.69. The molecule has 2 N–H and O–H groups in total. The van der Waals surface area contributed by atoms with Crippen LogP contribution in [0, 0.1) is 27.7 Å². The Hall–Kier alpha value is -2.39. The van der Waals surface area contributed by atoms with Gasteiger partial charge in [-0.1, -0.05) is 35.2 Å². The van der Waals surface area contributed by atoms with Crippen molar-refractivity contribution in [2.45, 2.75) is 44.2 Å². The molecule has 2 aromatic heterocycles. The summed E-state index contributed by atoms with van der Waals surface area (Å²) in [7, 11) is 1.86. The highest BCUT2D eigenvalue weighted by Crippen LogP contribution is 2.32. The molecule has 0 aliphatic carbocycles. The quantitative estimate of drug-likeness (QED) is 0.581. The summed E-state index contributed by atoms with van der Waals surface area (Å²) in [5, 5.41) is 19.4. The van der Waals surface area contributed by atoms with E-state index in [1.54, 1.807) is 4.68 Å². The average molecular weight is 417 g/mol. The zero-order chi connectivity index (χ0) is 20.4. The molecule has 3 rings (SSSR count). The molecule has 9 heteroatoms. The maximum absolute atomic E-state index is 12.6. The Kier molecular flexibility index (Phi) is 6.04. The third-order valence-electron chi connectivity index (χ3n) is 4.66. The van der Waals surface area contributed by atoms with Crippen molar-refractivity contribution in [3.05, 3.63) is 40.7 Å². The zero-order valence-electron chi connectivity index (χ0n) is 16.8. The largest absolute Gasteiger partial charge is 0.330 e. The summed E-state index contributed by atoms with van der Waals surface area (Å²) >= 11 is 2.83. The van der Waals surface area contributed by atoms with Crippen molar-refractivity contribution in [3.8, 4) is 0 Å². The van der Waals surface area contributed by atoms with Crippen LogP contribution < -0.4 is 10.6 Å². The van der Waals surface area contributed by atoms with Crippen molar-refractivity contribution in [1.29, 1.82) is 0 Å². The lowest BCUT2D eigenvalue weighted by molar-refractivity contribution is -0.115. The Balaban J connectivity index is 1.64. The van der Waals surface area contributed by atoms with Crippen LogP contribution in [0.3, 0.4) is 0 Å². The van der Waals surface area contributed by atoms with E-state index in [-0.39, 0.29) is 11.2 Å². The molecule has 0 unspecified atom stereocenters. The van der Waals surface area contributed by atoms with Gasteiger partial charge in [0, 0.05) is 12.7 Å². The maximum atomic E-state index is 12.6. The number of hydrogen-bond acceptors (Lipinski definition) is 7. The van der Waals surface area contributed by atoms with Gasteiger partial charge in [0.05, 0.1) is 22.3 Å². The van der Waals surface area contributed by atoms with Gasteiger partial charge in [-0.3, -0.25) is 9.48 Å². The molecule has 0 radical (unpaired) electrons. The number of nitrogens with zero attached hydrogens (tertiary/aromatic N) is 4. The molecule has 0 aliphatic rings. The van der Waals surface area contributed by atoms with E-state index in [1.165, 1.54) is 34.2 Å². The molecule has 0 aliphatic heterocycles. The number of aryl methyl sites for hydroxylation is 3. The summed E-state index contributed by atoms with van der Waals surface area (Å²) in [5.74, 6) is -0.0802. The Bertz CT molecular complexity index is 1010. The fraction of sp³-hybridized carbons (Fsp3) is 0.368. The van der Waals surface area contributed by atoms with Gasteiger partial charge in [-0.05, 0) is 51.8 Å². The van der Waals surface area contributed by atoms with Gasteiger partial charge in [0.25, 0.3) is 0 Å². The molecule has 148 valence electrons. The molecule has 0 fully saturated rings. The number of benzene rings is 1. The van der Waals surface area contributed by atoms with Crippen molar-refractivity contribution in [2.24, 2.45) is 7.05 Å². The molecular formula is C19H24N6OS2. The van der Waals surface area contributed by atoms with Gasteiger partial charge in [-0.15, -0.1) is 10.2 Å². The van der Waals surface area contributed by atoms with Gasteiger partial charge in [-0.25, -0.2) is 0 Å². The predicted molar refractivity (Wildman–Crippen MR) is 116 cm³/mol. The Morgan fingerprint density at radius 1 is 1.21 bits per heavy atom. The number of carbonyl (C=O) groups excluding carboxylic acids is 1. The number of nitrogens with one attached hydrogen (secondary N) is 2. The van der Waals surface area contributed by atoms with E-state index in [9.17, 15) is 4.79 Å². The lowest BCUT2D eigenvalue weighted by Crippen LogP contribution is -2.23. The molecule has 0 saturated carbocycles. The number of thioether (sulfide) groups is 1. The predicted octanol–water partition coefficient (Wildman–Crippen LogP) is 4.37. The SMILES string of the molecule is Cc1cccc(Nc2nnc(S[C@H](C)C(=O)Nc3c(C)nn(C)c3C)s2)c1C. The first-order valence-electron chi connectivity index (χ1n) is 8.90. The molecule has 0 spiro atoms. The van der Waals surface area contributed by atoms with E-state index in [0.29, 0.717) is 5.13 Å². The van der Waals surface area contributed by atoms with E-state index in [0.717, 1.165) is 27.1 Å². The van der Waals surface area contributed by atoms with Gasteiger partial charge in [-0.2, -0.15) is 5.10 Å². The highest BCUT2D eigenvalue weighted by Gasteiger charge is 2.20. The smallest absolute Gasteiger partial charge is 0.237 e. The van der Waals surface area contributed by atoms with Crippen LogP contribution in [0.5, 0.6) is 0 Å². The number of aromatic nitrogens is 4. The van der Waals surface area contributed by atoms with Crippen molar-refractivity contribution in [1.82, 2.24) is 20.0 Å². The average Bonchev–Trinajstić information content (AvgIpc) is 3.18. The molecule has 1 amide bonds. The second-order valence-electron chi connectivity index (χ2n) is 6.66. The highest BCUT2D eigenvalue weighted by molar-refractivity contribution is 8.02. The van der Waals surface area contributed by atoms with Gasteiger partial charge >= 0.3 is 0 Å². The molecule has 3 aromatic rings. The molecule has 7 nitrogen and oxygen atoms in total. The first-order chi connectivity index (χ1) is 13.3. The van der Waals surface area contributed by atoms with Crippen LogP contribution in [0.25, 0.3) is 0 Å². The third kappa shape index (κ3) is 4.36. The molecule has 1 aromatic carbocycles. The van der Waals surface area contributed by atoms with E-state index < -0.39 is 0 Å². The van der Waals surface area contributed by atoms with Crippen LogP contribution in [-0.4, -0.2) is 31.1 Å². The Morgan fingerprint density at radius 3 is 2.64 bits per heavy atom. The summed E-state index contributed by atoms with van der Waals surface area (Å²) in [6.45, 7) is 9.83. The maximum Gasteiger partial charge on any atom is 0.237 e. The molecule has 1 atom stereocenters. The van der Waals surface area contributed by atoms with Gasteiger partial charge in [0.1, 0.15) is 0 Å². The van der Waals surface area contributed by atoms with Crippen molar-refractivity contribution in [2.75, 3.05) is 10.6 Å². The molecule has 0 bridgehead atoms. The van der Waals surface area contributed by atoms with Crippen LogP contribution >= 0.6 is 23.1 Å². The normalized spacial score (nSPS) is 12.1. The van der Waals surface area contributed by atoms with Gasteiger partial charge in [0.2, 0.25) is 11.0 Å². The minimum Gasteiger partial charge on any atom is -0.330 e. The van der Waals surface area contributed by atoms with E-state index in [1.807, 2.05) is 40.0 Å². The summed E-state index contributed by atoms with van der Waals surface area (Å²) in [5.41, 5.74) is 5.92. The van der Waals surface area contributed by atoms with E-state index in [2.05, 4.69) is 45.8 Å². The topological polar surface area (TPSA) is 84.7 Å². The first kappa shape index (κ1) is 20.3. The second-order valence-corrected chi connectivity index (χ2v) is 9.23. The number of rotatable bonds is 6. The summed E-state index contributed by atoms with van der Waals surface area (Å²) in [6.07, 6.45) is 0. The van der Waals surface area contributed by atoms with Crippen LogP contribution in [0.4, 0.5) is 16.5 Å². The Morgan fingerprint density at radius 2 is 1.96 bits per heavy atom. The first-order valence-corrected chi connectivity index (χ1v) is 10.6. The third-order valence-corrected chi connectivity index (χ3v) is 6.68. The number of carbonyl (C=O) groups is 1. The minimum absolute atomic E-state index is 0.0802. The van der Waals surface area contributed by atoms with Crippen LogP contribution in [-0.2, 0) is 11.8 Å². The summed E-state index contributed by atoms with van der Waals surface area (Å²) < 4.78 is 2.51. The number of hydrogen-bond donors (Lipinski definition) is 2. The summed E-state index contributed by atoms with van der Waals surface area (Å²) in [6, 6.07) is 6.11. The monoisotopic (exact) mass is 416 g/mol. The lowest BCUT2D eigenvalue weighted by atomic mass is 10.1. The highest BCUT2D eigenvalue weighted by atomic mass is 32.2. The van der Waals surface area contributed by atoms with Crippen LogP contribution in [0.15, 0.2) is 22.5 Å². The standard InChI is InChI=1S/C19H24N6OS2/c1-10-8-7-9-15(11(10)2)20-18-22-23-19(28-18)27-14(5)17(26)21-16-12(3)24-25(6)13(16)4/h7-9,14H,1-6H3,(H,20,22)(H,21,26)/t14-/m1/s1. The molecule has 28 heavy (non-hydrogen) atoms. The van der Waals surface area contributed by atoms with Crippen molar-refractivity contribution in [3.63, 3.8) is 0 Å².